The molecule has 0 aromatic carbocycles. The van der Waals surface area contributed by atoms with Crippen molar-refractivity contribution in [2.24, 2.45) is 11.8 Å². The van der Waals surface area contributed by atoms with Crippen LogP contribution in [0.2, 0.25) is 0 Å². The lowest BCUT2D eigenvalue weighted by Gasteiger charge is -2.39. The molecule has 1 amide bonds. The Hall–Kier alpha value is -0.570. The highest BCUT2D eigenvalue weighted by atomic mass is 16.2. The van der Waals surface area contributed by atoms with Crippen molar-refractivity contribution < 1.29 is 4.79 Å². The van der Waals surface area contributed by atoms with Crippen molar-refractivity contribution in [3.05, 3.63) is 0 Å². The highest BCUT2D eigenvalue weighted by Gasteiger charge is 2.30. The number of rotatable bonds is 2. The van der Waals surface area contributed by atoms with Gasteiger partial charge in [0.25, 0.3) is 0 Å². The summed E-state index contributed by atoms with van der Waals surface area (Å²) in [5.74, 6) is 1.88. The lowest BCUT2D eigenvalue weighted by atomic mass is 9.77. The average molecular weight is 252 g/mol. The van der Waals surface area contributed by atoms with Gasteiger partial charge in [-0.2, -0.15) is 0 Å². The Labute approximate surface area is 111 Å². The maximum Gasteiger partial charge on any atom is 0.219 e. The Morgan fingerprint density at radius 3 is 2.39 bits per heavy atom. The van der Waals surface area contributed by atoms with E-state index in [1.165, 1.54) is 19.3 Å². The molecular weight excluding hydrogens is 224 g/mol. The number of nitrogens with zero attached hydrogens (tertiary/aromatic N) is 1. The Bertz CT molecular complexity index is 284. The minimum atomic E-state index is 0.230. The first kappa shape index (κ1) is 13.9. The third-order valence-electron chi connectivity index (χ3n) is 5.10. The monoisotopic (exact) mass is 252 g/mol. The van der Waals surface area contributed by atoms with E-state index in [9.17, 15) is 4.79 Å². The summed E-state index contributed by atoms with van der Waals surface area (Å²) in [6.45, 7) is 8.33. The number of likely N-dealkylation sites (tertiary alicyclic amines) is 1. The van der Waals surface area contributed by atoms with Crippen molar-refractivity contribution in [1.29, 1.82) is 0 Å². The molecule has 0 aromatic rings. The van der Waals surface area contributed by atoms with Crippen molar-refractivity contribution >= 4 is 5.91 Å². The molecule has 0 radical (unpaired) electrons. The third-order valence-corrected chi connectivity index (χ3v) is 5.10. The highest BCUT2D eigenvalue weighted by molar-refractivity contribution is 5.73. The number of piperidine rings is 1. The minimum absolute atomic E-state index is 0.230. The molecule has 3 atom stereocenters. The molecule has 104 valence electrons. The molecule has 1 N–H and O–H groups in total. The van der Waals surface area contributed by atoms with E-state index in [2.05, 4.69) is 19.2 Å². The predicted octanol–water partition coefficient (Wildman–Crippen LogP) is 2.41. The molecule has 1 aliphatic heterocycles. The molecule has 0 unspecified atom stereocenters. The Morgan fingerprint density at radius 1 is 1.11 bits per heavy atom. The molecule has 3 nitrogen and oxygen atoms in total. The molecule has 2 rings (SSSR count). The number of hydrogen-bond acceptors (Lipinski definition) is 2. The maximum atomic E-state index is 11.3. The molecule has 0 bridgehead atoms. The Kier molecular flexibility index (Phi) is 4.66. The van der Waals surface area contributed by atoms with E-state index in [0.29, 0.717) is 12.1 Å². The first-order valence-electron chi connectivity index (χ1n) is 7.59. The fourth-order valence-corrected chi connectivity index (χ4v) is 3.48. The first-order chi connectivity index (χ1) is 8.58. The Morgan fingerprint density at radius 2 is 1.78 bits per heavy atom. The number of amides is 1. The van der Waals surface area contributed by atoms with Crippen LogP contribution in [0.3, 0.4) is 0 Å². The molecule has 1 aliphatic carbocycles. The molecule has 1 saturated carbocycles. The van der Waals surface area contributed by atoms with Gasteiger partial charge in [-0.25, -0.2) is 0 Å². The van der Waals surface area contributed by atoms with Gasteiger partial charge in [-0.3, -0.25) is 4.79 Å². The summed E-state index contributed by atoms with van der Waals surface area (Å²) < 4.78 is 0. The smallest absolute Gasteiger partial charge is 0.219 e. The summed E-state index contributed by atoms with van der Waals surface area (Å²) >= 11 is 0. The summed E-state index contributed by atoms with van der Waals surface area (Å²) in [6, 6.07) is 1.32. The minimum Gasteiger partial charge on any atom is -0.343 e. The molecule has 2 fully saturated rings. The number of hydrogen-bond donors (Lipinski definition) is 1. The van der Waals surface area contributed by atoms with Crippen molar-refractivity contribution in [3.8, 4) is 0 Å². The number of nitrogens with one attached hydrogen (secondary N) is 1. The second kappa shape index (κ2) is 6.05. The number of carbonyl (C=O) groups excluding carboxylic acids is 1. The lowest BCUT2D eigenvalue weighted by molar-refractivity contribution is -0.129. The molecule has 0 aromatic heterocycles. The topological polar surface area (TPSA) is 32.3 Å². The van der Waals surface area contributed by atoms with Gasteiger partial charge in [0.15, 0.2) is 0 Å². The van der Waals surface area contributed by atoms with Crippen LogP contribution in [0.4, 0.5) is 0 Å². The van der Waals surface area contributed by atoms with Crippen LogP contribution in [-0.2, 0) is 4.79 Å². The van der Waals surface area contributed by atoms with Crippen LogP contribution in [0.25, 0.3) is 0 Å². The van der Waals surface area contributed by atoms with Crippen molar-refractivity contribution in [2.45, 2.75) is 65.0 Å². The van der Waals surface area contributed by atoms with E-state index in [1.54, 1.807) is 6.92 Å². The molecule has 0 spiro atoms. The predicted molar refractivity (Wildman–Crippen MR) is 74.4 cm³/mol. The van der Waals surface area contributed by atoms with Crippen LogP contribution in [0, 0.1) is 11.8 Å². The molecular formula is C15H28N2O. The van der Waals surface area contributed by atoms with Crippen LogP contribution in [0.1, 0.15) is 52.9 Å². The third kappa shape index (κ3) is 3.25. The van der Waals surface area contributed by atoms with Gasteiger partial charge >= 0.3 is 0 Å². The van der Waals surface area contributed by atoms with Crippen molar-refractivity contribution in [3.63, 3.8) is 0 Å². The largest absolute Gasteiger partial charge is 0.343 e. The van der Waals surface area contributed by atoms with E-state index in [0.717, 1.165) is 37.8 Å². The van der Waals surface area contributed by atoms with Crippen molar-refractivity contribution in [2.75, 3.05) is 13.1 Å². The van der Waals surface area contributed by atoms with Gasteiger partial charge in [0.05, 0.1) is 0 Å². The van der Waals surface area contributed by atoms with Crippen molar-refractivity contribution in [1.82, 2.24) is 10.2 Å². The molecule has 1 heterocycles. The van der Waals surface area contributed by atoms with E-state index in [-0.39, 0.29) is 5.91 Å². The molecule has 3 heteroatoms. The average Bonchev–Trinajstić information content (AvgIpc) is 2.36. The van der Waals surface area contributed by atoms with Gasteiger partial charge in [0.2, 0.25) is 5.91 Å². The van der Waals surface area contributed by atoms with Gasteiger partial charge in [-0.15, -0.1) is 0 Å². The van der Waals surface area contributed by atoms with Gasteiger partial charge in [-0.05, 0) is 31.1 Å². The highest BCUT2D eigenvalue weighted by Crippen LogP contribution is 2.30. The SMILES string of the molecule is CC(=O)N1CCC(N[C@H]2CCC[C@@H](C)[C@H]2C)CC1. The standard InChI is InChI=1S/C15H28N2O/c1-11-5-4-6-15(12(11)2)16-14-7-9-17(10-8-14)13(3)18/h11-12,14-16H,4-10H2,1-3H3/t11-,12-,15+/m1/s1. The zero-order valence-electron chi connectivity index (χ0n) is 12.1. The van der Waals surface area contributed by atoms with Crippen LogP contribution in [-0.4, -0.2) is 36.0 Å². The normalized spacial score (nSPS) is 34.6. The van der Waals surface area contributed by atoms with Crippen LogP contribution >= 0.6 is 0 Å². The van der Waals surface area contributed by atoms with Gasteiger partial charge in [0.1, 0.15) is 0 Å². The summed E-state index contributed by atoms with van der Waals surface area (Å²) in [6.07, 6.45) is 6.34. The molecule has 1 saturated heterocycles. The zero-order valence-corrected chi connectivity index (χ0v) is 12.1. The van der Waals surface area contributed by atoms with Crippen LogP contribution in [0.5, 0.6) is 0 Å². The van der Waals surface area contributed by atoms with E-state index in [1.807, 2.05) is 4.90 Å². The fraction of sp³-hybridized carbons (Fsp3) is 0.933. The van der Waals surface area contributed by atoms with E-state index >= 15 is 0 Å². The fourth-order valence-electron chi connectivity index (χ4n) is 3.48. The summed E-state index contributed by atoms with van der Waals surface area (Å²) in [5.41, 5.74) is 0. The van der Waals surface area contributed by atoms with Gasteiger partial charge in [-0.1, -0.05) is 26.7 Å². The quantitative estimate of drug-likeness (QED) is 0.818. The molecule has 2 aliphatic rings. The lowest BCUT2D eigenvalue weighted by Crippen LogP contribution is -2.50. The zero-order chi connectivity index (χ0) is 13.1. The summed E-state index contributed by atoms with van der Waals surface area (Å²) in [5, 5.41) is 3.86. The second-order valence-corrected chi connectivity index (χ2v) is 6.32. The molecule has 18 heavy (non-hydrogen) atoms. The summed E-state index contributed by atoms with van der Waals surface area (Å²) in [7, 11) is 0. The van der Waals surface area contributed by atoms with Crippen LogP contribution < -0.4 is 5.32 Å². The van der Waals surface area contributed by atoms with Gasteiger partial charge in [0, 0.05) is 32.1 Å². The second-order valence-electron chi connectivity index (χ2n) is 6.32. The Balaban J connectivity index is 1.79. The van der Waals surface area contributed by atoms with Gasteiger partial charge < -0.3 is 10.2 Å². The number of carbonyl (C=O) groups is 1. The van der Waals surface area contributed by atoms with E-state index in [4.69, 9.17) is 0 Å². The first-order valence-corrected chi connectivity index (χ1v) is 7.59. The van der Waals surface area contributed by atoms with Crippen LogP contribution in [0.15, 0.2) is 0 Å². The van der Waals surface area contributed by atoms with E-state index < -0.39 is 0 Å². The maximum absolute atomic E-state index is 11.3. The summed E-state index contributed by atoms with van der Waals surface area (Å²) in [4.78, 5) is 13.3.